The molecule has 0 heterocycles. The van der Waals surface area contributed by atoms with Crippen LogP contribution in [-0.4, -0.2) is 25.4 Å². The topological polar surface area (TPSA) is 38.3 Å². The van der Waals surface area contributed by atoms with E-state index in [9.17, 15) is 4.79 Å². The maximum atomic E-state index is 12.7. The predicted octanol–water partition coefficient (Wildman–Crippen LogP) is 4.36. The second-order valence-electron chi connectivity index (χ2n) is 8.44. The van der Waals surface area contributed by atoms with E-state index in [-0.39, 0.29) is 11.8 Å². The molecule has 0 spiro atoms. The van der Waals surface area contributed by atoms with Crippen molar-refractivity contribution < 1.29 is 9.53 Å². The average molecular weight is 384 g/mol. The number of rotatable bonds is 6. The molecule has 27 heavy (non-hydrogen) atoms. The molecule has 1 N–H and O–H groups in total. The van der Waals surface area contributed by atoms with Gasteiger partial charge in [0.05, 0.1) is 0 Å². The first-order chi connectivity index (χ1) is 12.7. The highest BCUT2D eigenvalue weighted by Crippen LogP contribution is 2.21. The molecule has 146 valence electrons. The van der Waals surface area contributed by atoms with Crippen LogP contribution in [0, 0.1) is 5.92 Å². The highest BCUT2D eigenvalue weighted by molar-refractivity contribution is 7.02. The molecule has 2 aromatic rings. The second kappa shape index (κ2) is 8.74. The minimum Gasteiger partial charge on any atom is -0.444 e. The Balaban J connectivity index is 2.53. The van der Waals surface area contributed by atoms with Crippen LogP contribution in [0.3, 0.4) is 0 Å². The first kappa shape index (κ1) is 21.2. The summed E-state index contributed by atoms with van der Waals surface area (Å²) < 4.78 is 5.60. The minimum atomic E-state index is -2.27. The van der Waals surface area contributed by atoms with Crippen LogP contribution in [0.1, 0.15) is 41.0 Å². The number of ether oxygens (including phenoxy) is 1. The van der Waals surface area contributed by atoms with Gasteiger partial charge in [-0.25, -0.2) is 4.79 Å². The Morgan fingerprint density at radius 1 is 1.00 bits per heavy atom. The standard InChI is InChI=1S/C23H33NO2Si/c1-7-18(2)21(24-22(25)26-23(3,4)5)27(6,19-14-10-8-11-15-19)20-16-12-9-13-17-20/h8-18,21H,7H2,1-6H3,(H,24,25). The molecule has 1 amide bonds. The summed E-state index contributed by atoms with van der Waals surface area (Å²) in [6.07, 6.45) is 0.654. The van der Waals surface area contributed by atoms with E-state index in [4.69, 9.17) is 4.74 Å². The van der Waals surface area contributed by atoms with Gasteiger partial charge in [-0.15, -0.1) is 0 Å². The number of carbonyl (C=O) groups excluding carboxylic acids is 1. The fraction of sp³-hybridized carbons (Fsp3) is 0.435. The number of hydrogen-bond donors (Lipinski definition) is 1. The van der Waals surface area contributed by atoms with Gasteiger partial charge in [0.2, 0.25) is 0 Å². The second-order valence-corrected chi connectivity index (χ2v) is 12.6. The van der Waals surface area contributed by atoms with Crippen LogP contribution in [0.2, 0.25) is 6.55 Å². The molecule has 0 aromatic heterocycles. The molecule has 2 rings (SSSR count). The Kier molecular flexibility index (Phi) is 6.87. The van der Waals surface area contributed by atoms with Crippen LogP contribution in [0.15, 0.2) is 60.7 Å². The summed E-state index contributed by atoms with van der Waals surface area (Å²) in [6.45, 7) is 12.5. The summed E-state index contributed by atoms with van der Waals surface area (Å²) in [7, 11) is -2.27. The predicted molar refractivity (Wildman–Crippen MR) is 116 cm³/mol. The van der Waals surface area contributed by atoms with Crippen LogP contribution < -0.4 is 15.7 Å². The lowest BCUT2D eigenvalue weighted by Crippen LogP contribution is -2.71. The summed E-state index contributed by atoms with van der Waals surface area (Å²) in [5, 5.41) is 5.90. The Hall–Kier alpha value is -2.07. The van der Waals surface area contributed by atoms with Gasteiger partial charge in [-0.1, -0.05) is 97.9 Å². The van der Waals surface area contributed by atoms with Crippen molar-refractivity contribution in [3.8, 4) is 0 Å². The summed E-state index contributed by atoms with van der Waals surface area (Å²) in [6, 6.07) is 21.2. The zero-order chi connectivity index (χ0) is 20.1. The Labute approximate surface area is 165 Å². The Morgan fingerprint density at radius 2 is 1.44 bits per heavy atom. The van der Waals surface area contributed by atoms with Crippen molar-refractivity contribution in [3.63, 3.8) is 0 Å². The maximum absolute atomic E-state index is 12.7. The van der Waals surface area contributed by atoms with Crippen LogP contribution in [0.4, 0.5) is 4.79 Å². The van der Waals surface area contributed by atoms with Crippen LogP contribution in [-0.2, 0) is 4.74 Å². The van der Waals surface area contributed by atoms with Crippen molar-refractivity contribution in [3.05, 3.63) is 60.7 Å². The van der Waals surface area contributed by atoms with Crippen LogP contribution in [0.5, 0.6) is 0 Å². The Morgan fingerprint density at radius 3 is 1.81 bits per heavy atom. The van der Waals surface area contributed by atoms with E-state index in [1.54, 1.807) is 0 Å². The van der Waals surface area contributed by atoms with Gasteiger partial charge in [0.1, 0.15) is 13.7 Å². The molecular formula is C23H33NO2Si. The highest BCUT2D eigenvalue weighted by Gasteiger charge is 2.43. The van der Waals surface area contributed by atoms with Crippen LogP contribution >= 0.6 is 0 Å². The van der Waals surface area contributed by atoms with Gasteiger partial charge in [0.25, 0.3) is 0 Å². The zero-order valence-electron chi connectivity index (χ0n) is 17.5. The third-order valence-electron chi connectivity index (χ3n) is 5.25. The molecule has 3 nitrogen and oxygen atoms in total. The number of hydrogen-bond acceptors (Lipinski definition) is 2. The molecule has 0 aliphatic rings. The van der Waals surface area contributed by atoms with Gasteiger partial charge in [-0.05, 0) is 26.7 Å². The summed E-state index contributed by atoms with van der Waals surface area (Å²) in [5.74, 6) is 0.328. The van der Waals surface area contributed by atoms with E-state index in [0.29, 0.717) is 5.92 Å². The van der Waals surface area contributed by atoms with Gasteiger partial charge in [0, 0.05) is 5.67 Å². The molecule has 0 radical (unpaired) electrons. The third kappa shape index (κ3) is 5.22. The van der Waals surface area contributed by atoms with Crippen molar-refractivity contribution in [1.82, 2.24) is 5.32 Å². The van der Waals surface area contributed by atoms with Gasteiger partial charge in [0.15, 0.2) is 0 Å². The van der Waals surface area contributed by atoms with E-state index in [2.05, 4.69) is 74.2 Å². The number of carbonyl (C=O) groups is 1. The van der Waals surface area contributed by atoms with Crippen molar-refractivity contribution in [2.75, 3.05) is 0 Å². The lowest BCUT2D eigenvalue weighted by Gasteiger charge is -2.40. The molecule has 0 bridgehead atoms. The van der Waals surface area contributed by atoms with Gasteiger partial charge >= 0.3 is 6.09 Å². The lowest BCUT2D eigenvalue weighted by atomic mass is 10.1. The summed E-state index contributed by atoms with van der Waals surface area (Å²) in [4.78, 5) is 12.7. The number of alkyl carbamates (subject to hydrolysis) is 1. The molecular weight excluding hydrogens is 350 g/mol. The monoisotopic (exact) mass is 383 g/mol. The Bertz CT molecular complexity index is 686. The van der Waals surface area contributed by atoms with Crippen molar-refractivity contribution >= 4 is 24.5 Å². The molecule has 0 fully saturated rings. The largest absolute Gasteiger partial charge is 0.444 e. The molecule has 0 saturated heterocycles. The maximum Gasteiger partial charge on any atom is 0.407 e. The quantitative estimate of drug-likeness (QED) is 0.753. The van der Waals surface area contributed by atoms with E-state index >= 15 is 0 Å². The van der Waals surface area contributed by atoms with Gasteiger partial charge in [-0.3, -0.25) is 0 Å². The third-order valence-corrected chi connectivity index (χ3v) is 10.3. The molecule has 0 saturated carbocycles. The lowest BCUT2D eigenvalue weighted by molar-refractivity contribution is 0.0507. The molecule has 4 heteroatoms. The van der Waals surface area contributed by atoms with E-state index in [1.165, 1.54) is 10.4 Å². The molecule has 0 aliphatic heterocycles. The zero-order valence-corrected chi connectivity index (χ0v) is 18.5. The number of amides is 1. The normalized spacial score (nSPS) is 14.3. The number of nitrogens with one attached hydrogen (secondary N) is 1. The first-order valence-corrected chi connectivity index (χ1v) is 12.4. The van der Waals surface area contributed by atoms with Crippen molar-refractivity contribution in [2.45, 2.75) is 58.9 Å². The van der Waals surface area contributed by atoms with Gasteiger partial charge < -0.3 is 10.1 Å². The SMILES string of the molecule is CCC(C)C(NC(=O)OC(C)(C)C)[Si](C)(c1ccccc1)c1ccccc1. The summed E-state index contributed by atoms with van der Waals surface area (Å²) >= 11 is 0. The van der Waals surface area contributed by atoms with Gasteiger partial charge in [-0.2, -0.15) is 0 Å². The number of benzene rings is 2. The average Bonchev–Trinajstić information content (AvgIpc) is 2.65. The molecule has 2 atom stereocenters. The fourth-order valence-corrected chi connectivity index (χ4v) is 8.22. The smallest absolute Gasteiger partial charge is 0.407 e. The molecule has 2 unspecified atom stereocenters. The van der Waals surface area contributed by atoms with Crippen molar-refractivity contribution in [1.29, 1.82) is 0 Å². The highest BCUT2D eigenvalue weighted by atomic mass is 28.3. The van der Waals surface area contributed by atoms with Crippen LogP contribution in [0.25, 0.3) is 0 Å². The fourth-order valence-electron chi connectivity index (χ4n) is 3.62. The minimum absolute atomic E-state index is 0.0298. The van der Waals surface area contributed by atoms with E-state index in [1.807, 2.05) is 32.9 Å². The first-order valence-electron chi connectivity index (χ1n) is 9.79. The molecule has 2 aromatic carbocycles. The van der Waals surface area contributed by atoms with Crippen molar-refractivity contribution in [2.24, 2.45) is 5.92 Å². The molecule has 0 aliphatic carbocycles. The van der Waals surface area contributed by atoms with E-state index in [0.717, 1.165) is 6.42 Å². The van der Waals surface area contributed by atoms with E-state index < -0.39 is 13.7 Å². The summed E-state index contributed by atoms with van der Waals surface area (Å²) in [5.41, 5.74) is -0.483.